The van der Waals surface area contributed by atoms with Gasteiger partial charge in [-0.3, -0.25) is 4.79 Å². The number of halogens is 4. The first-order valence-corrected chi connectivity index (χ1v) is 10.5. The van der Waals surface area contributed by atoms with Gasteiger partial charge in [0, 0.05) is 10.6 Å². The molecule has 10 heteroatoms. The van der Waals surface area contributed by atoms with E-state index in [0.717, 1.165) is 31.7 Å². The van der Waals surface area contributed by atoms with Gasteiger partial charge in [-0.25, -0.2) is 4.98 Å². The molecule has 3 rings (SSSR count). The highest BCUT2D eigenvalue weighted by molar-refractivity contribution is 6.30. The zero-order valence-corrected chi connectivity index (χ0v) is 18.3. The number of hydrogen-bond donors (Lipinski definition) is 1. The van der Waals surface area contributed by atoms with Gasteiger partial charge in [0.05, 0.1) is 18.0 Å². The van der Waals surface area contributed by atoms with Gasteiger partial charge in [-0.1, -0.05) is 35.3 Å². The van der Waals surface area contributed by atoms with E-state index < -0.39 is 18.2 Å². The van der Waals surface area contributed by atoms with Crippen LogP contribution in [0.5, 0.6) is 5.75 Å². The van der Waals surface area contributed by atoms with Gasteiger partial charge < -0.3 is 14.9 Å². The molecule has 1 aromatic heterocycles. The van der Waals surface area contributed by atoms with E-state index in [1.54, 1.807) is 24.3 Å². The molecule has 2 atom stereocenters. The van der Waals surface area contributed by atoms with Gasteiger partial charge in [-0.05, 0) is 49.9 Å². The van der Waals surface area contributed by atoms with Crippen molar-refractivity contribution in [2.75, 3.05) is 7.11 Å². The van der Waals surface area contributed by atoms with Gasteiger partial charge in [0.1, 0.15) is 18.6 Å². The lowest BCUT2D eigenvalue weighted by atomic mass is 9.93. The molecule has 0 bridgehead atoms. The van der Waals surface area contributed by atoms with E-state index in [0.29, 0.717) is 29.0 Å². The Balaban J connectivity index is 1.91. The minimum absolute atomic E-state index is 0.0457. The van der Waals surface area contributed by atoms with Crippen LogP contribution in [0.4, 0.5) is 13.2 Å². The average Bonchev–Trinajstić information content (AvgIpc) is 2.75. The molecular formula is C22H23ClF3N3O3. The smallest absolute Gasteiger partial charge is 0.425 e. The van der Waals surface area contributed by atoms with Crippen LogP contribution in [0, 0.1) is 0 Å². The van der Waals surface area contributed by atoms with E-state index in [4.69, 9.17) is 21.2 Å². The van der Waals surface area contributed by atoms with E-state index in [-0.39, 0.29) is 17.5 Å². The van der Waals surface area contributed by atoms with Crippen LogP contribution in [-0.2, 0) is 4.84 Å². The van der Waals surface area contributed by atoms with Crippen molar-refractivity contribution in [1.82, 2.24) is 10.3 Å². The predicted octanol–water partition coefficient (Wildman–Crippen LogP) is 5.41. The predicted molar refractivity (Wildman–Crippen MR) is 115 cm³/mol. The van der Waals surface area contributed by atoms with E-state index in [2.05, 4.69) is 15.5 Å². The van der Waals surface area contributed by atoms with Crippen LogP contribution in [0.1, 0.15) is 43.1 Å². The highest BCUT2D eigenvalue weighted by atomic mass is 35.5. The normalized spacial score (nSPS) is 18.8. The second-order valence-electron chi connectivity index (χ2n) is 7.41. The van der Waals surface area contributed by atoms with Gasteiger partial charge in [0.25, 0.3) is 5.91 Å². The minimum atomic E-state index is -4.55. The summed E-state index contributed by atoms with van der Waals surface area (Å²) < 4.78 is 44.3. The summed E-state index contributed by atoms with van der Waals surface area (Å²) in [5.74, 6) is -0.556. The summed E-state index contributed by atoms with van der Waals surface area (Å²) in [6.07, 6.45) is -2.16. The lowest BCUT2D eigenvalue weighted by molar-refractivity contribution is -0.189. The maximum absolute atomic E-state index is 13.0. The average molecular weight is 470 g/mol. The monoisotopic (exact) mass is 469 g/mol. The van der Waals surface area contributed by atoms with Crippen molar-refractivity contribution in [1.29, 1.82) is 0 Å². The standard InChI is InChI=1S/C22H23ClF3N3O3/c1-13(22(24,25)26)32-20-12-27-19(11-16(20)14-7-9-15(23)10-8-14)21(30)28-17-5-3-4-6-18(17)29-31-2/h7-13,17H,3-6H2,1-2H3,(H,28,30)/b29-18+/t13-,17-/m0/s1. The Morgan fingerprint density at radius 1 is 1.28 bits per heavy atom. The molecule has 6 nitrogen and oxygen atoms in total. The summed E-state index contributed by atoms with van der Waals surface area (Å²) in [5, 5.41) is 7.35. The summed E-state index contributed by atoms with van der Waals surface area (Å²) in [6.45, 7) is 0.909. The number of carbonyl (C=O) groups is 1. The quantitative estimate of drug-likeness (QED) is 0.574. The Kier molecular flexibility index (Phi) is 7.60. The SMILES string of the molecule is CO/N=C1\CCCC[C@@H]1NC(=O)c1cc(-c2ccc(Cl)cc2)c(O[C@@H](C)C(F)(F)F)cn1. The van der Waals surface area contributed by atoms with Gasteiger partial charge in [-0.2, -0.15) is 13.2 Å². The minimum Gasteiger partial charge on any atom is -0.479 e. The number of ether oxygens (including phenoxy) is 1. The molecule has 172 valence electrons. The van der Waals surface area contributed by atoms with Crippen LogP contribution in [0.3, 0.4) is 0 Å². The fraction of sp³-hybridized carbons (Fsp3) is 0.409. The number of oxime groups is 1. The number of alkyl halides is 3. The number of rotatable bonds is 6. The van der Waals surface area contributed by atoms with E-state index in [1.165, 1.54) is 13.2 Å². The number of hydrogen-bond acceptors (Lipinski definition) is 5. The van der Waals surface area contributed by atoms with Crippen LogP contribution in [0.25, 0.3) is 11.1 Å². The number of carbonyl (C=O) groups excluding carboxylic acids is 1. The highest BCUT2D eigenvalue weighted by Crippen LogP contribution is 2.34. The Morgan fingerprint density at radius 2 is 2.00 bits per heavy atom. The molecule has 0 aliphatic heterocycles. The first-order chi connectivity index (χ1) is 15.2. The maximum atomic E-state index is 13.0. The molecule has 0 unspecified atom stereocenters. The third-order valence-corrected chi connectivity index (χ3v) is 5.36. The molecule has 0 radical (unpaired) electrons. The van der Waals surface area contributed by atoms with Crippen molar-refractivity contribution in [3.63, 3.8) is 0 Å². The number of amides is 1. The van der Waals surface area contributed by atoms with Crippen LogP contribution in [-0.4, -0.2) is 42.0 Å². The zero-order chi connectivity index (χ0) is 23.3. The molecule has 0 spiro atoms. The molecule has 1 aromatic carbocycles. The Bertz CT molecular complexity index is 981. The van der Waals surface area contributed by atoms with Crippen molar-refractivity contribution in [2.45, 2.75) is 50.9 Å². The molecule has 1 N–H and O–H groups in total. The summed E-state index contributed by atoms with van der Waals surface area (Å²) >= 11 is 5.93. The van der Waals surface area contributed by atoms with Crippen LogP contribution < -0.4 is 10.1 Å². The van der Waals surface area contributed by atoms with Crippen molar-refractivity contribution in [2.24, 2.45) is 5.16 Å². The fourth-order valence-corrected chi connectivity index (χ4v) is 3.51. The van der Waals surface area contributed by atoms with Crippen LogP contribution >= 0.6 is 11.6 Å². The first kappa shape index (κ1) is 23.8. The van der Waals surface area contributed by atoms with Gasteiger partial charge >= 0.3 is 6.18 Å². The number of aromatic nitrogens is 1. The van der Waals surface area contributed by atoms with Crippen molar-refractivity contribution < 1.29 is 27.5 Å². The lowest BCUT2D eigenvalue weighted by Gasteiger charge is -2.24. The van der Waals surface area contributed by atoms with Crippen LogP contribution in [0.2, 0.25) is 5.02 Å². The first-order valence-electron chi connectivity index (χ1n) is 10.1. The Labute approximate surface area is 188 Å². The molecule has 1 heterocycles. The molecule has 32 heavy (non-hydrogen) atoms. The fourth-order valence-electron chi connectivity index (χ4n) is 3.38. The lowest BCUT2D eigenvalue weighted by Crippen LogP contribution is -2.43. The third-order valence-electron chi connectivity index (χ3n) is 5.11. The van der Waals surface area contributed by atoms with Crippen molar-refractivity contribution in [3.8, 4) is 16.9 Å². The molecule has 1 saturated carbocycles. The van der Waals surface area contributed by atoms with Gasteiger partial charge in [0.15, 0.2) is 6.10 Å². The molecule has 0 saturated heterocycles. The maximum Gasteiger partial charge on any atom is 0.425 e. The topological polar surface area (TPSA) is 72.8 Å². The third kappa shape index (κ3) is 5.91. The molecule has 1 aliphatic rings. The molecule has 2 aromatic rings. The summed E-state index contributed by atoms with van der Waals surface area (Å²) in [6, 6.07) is 7.59. The van der Waals surface area contributed by atoms with Crippen LogP contribution in [0.15, 0.2) is 41.7 Å². The second kappa shape index (κ2) is 10.2. The van der Waals surface area contributed by atoms with E-state index in [9.17, 15) is 18.0 Å². The summed E-state index contributed by atoms with van der Waals surface area (Å²) in [4.78, 5) is 21.8. The van der Waals surface area contributed by atoms with Crippen molar-refractivity contribution in [3.05, 3.63) is 47.2 Å². The summed E-state index contributed by atoms with van der Waals surface area (Å²) in [7, 11) is 1.45. The van der Waals surface area contributed by atoms with Crippen molar-refractivity contribution >= 4 is 23.2 Å². The van der Waals surface area contributed by atoms with Gasteiger partial charge in [-0.15, -0.1) is 0 Å². The van der Waals surface area contributed by atoms with Gasteiger partial charge in [0.2, 0.25) is 0 Å². The number of benzene rings is 1. The zero-order valence-electron chi connectivity index (χ0n) is 17.6. The Morgan fingerprint density at radius 3 is 2.66 bits per heavy atom. The molecular weight excluding hydrogens is 447 g/mol. The number of nitrogens with zero attached hydrogens (tertiary/aromatic N) is 2. The largest absolute Gasteiger partial charge is 0.479 e. The Hall–Kier alpha value is -2.81. The molecule has 1 fully saturated rings. The second-order valence-corrected chi connectivity index (χ2v) is 7.85. The highest BCUT2D eigenvalue weighted by Gasteiger charge is 2.38. The molecule has 1 aliphatic carbocycles. The number of pyridine rings is 1. The molecule has 1 amide bonds. The van der Waals surface area contributed by atoms with E-state index in [1.807, 2.05) is 0 Å². The van der Waals surface area contributed by atoms with E-state index >= 15 is 0 Å². The summed E-state index contributed by atoms with van der Waals surface area (Å²) in [5.41, 5.74) is 1.62. The number of nitrogens with one attached hydrogen (secondary N) is 1.